The van der Waals surface area contributed by atoms with Gasteiger partial charge in [0.05, 0.1) is 17.5 Å². The molecule has 1 aromatic carbocycles. The maximum Gasteiger partial charge on any atom is 0.290 e. The summed E-state index contributed by atoms with van der Waals surface area (Å²) >= 11 is 9.98. The molecule has 2 aromatic rings. The van der Waals surface area contributed by atoms with Crippen molar-refractivity contribution in [1.82, 2.24) is 9.88 Å². The summed E-state index contributed by atoms with van der Waals surface area (Å²) in [5.74, 6) is -0.0917. The summed E-state index contributed by atoms with van der Waals surface area (Å²) in [4.78, 5) is 33.1. The highest BCUT2D eigenvalue weighted by Crippen LogP contribution is 2.48. The van der Waals surface area contributed by atoms with E-state index in [-0.39, 0.29) is 40.8 Å². The largest absolute Gasteiger partial charge is 0.483 e. The van der Waals surface area contributed by atoms with Gasteiger partial charge in [-0.15, -0.1) is 11.6 Å². The minimum absolute atomic E-state index is 0.00115. The standard InChI is InChI=1S/C24H22BrClN2O3/c1-13-9-19-17(10-18(13)26)22(29)20-21(15-4-6-16(25)7-5-15)28(24(30)23(20)31-19)12-14-3-2-8-27-11-14/h2-8,11,13,17-19,21H,9-10,12H2,1H3. The molecule has 160 valence electrons. The predicted molar refractivity (Wildman–Crippen MR) is 120 cm³/mol. The molecule has 0 N–H and O–H groups in total. The summed E-state index contributed by atoms with van der Waals surface area (Å²) in [6.07, 6.45) is 4.41. The Labute approximate surface area is 194 Å². The van der Waals surface area contributed by atoms with Gasteiger partial charge in [-0.1, -0.05) is 41.1 Å². The summed E-state index contributed by atoms with van der Waals surface area (Å²) < 4.78 is 7.18. The number of hydrogen-bond acceptors (Lipinski definition) is 4. The molecule has 5 atom stereocenters. The quantitative estimate of drug-likeness (QED) is 0.567. The number of carbonyl (C=O) groups excluding carboxylic acids is 2. The van der Waals surface area contributed by atoms with Crippen molar-refractivity contribution in [3.05, 3.63) is 75.7 Å². The van der Waals surface area contributed by atoms with Crippen molar-refractivity contribution in [2.24, 2.45) is 11.8 Å². The van der Waals surface area contributed by atoms with E-state index in [1.807, 2.05) is 36.4 Å². The van der Waals surface area contributed by atoms with Gasteiger partial charge in [-0.2, -0.15) is 0 Å². The van der Waals surface area contributed by atoms with Gasteiger partial charge in [0.2, 0.25) is 0 Å². The third kappa shape index (κ3) is 3.60. The minimum Gasteiger partial charge on any atom is -0.483 e. The number of ketones is 1. The van der Waals surface area contributed by atoms with E-state index in [0.717, 1.165) is 15.6 Å². The molecular weight excluding hydrogens is 480 g/mol. The number of amides is 1. The van der Waals surface area contributed by atoms with E-state index < -0.39 is 6.04 Å². The molecule has 5 rings (SSSR count). The Morgan fingerprint density at radius 1 is 1.19 bits per heavy atom. The van der Waals surface area contributed by atoms with Crippen molar-refractivity contribution < 1.29 is 14.3 Å². The molecule has 1 aromatic heterocycles. The average Bonchev–Trinajstić information content (AvgIpc) is 3.03. The first-order valence-electron chi connectivity index (χ1n) is 10.5. The molecule has 31 heavy (non-hydrogen) atoms. The summed E-state index contributed by atoms with van der Waals surface area (Å²) in [6, 6.07) is 11.0. The molecule has 0 saturated heterocycles. The smallest absolute Gasteiger partial charge is 0.290 e. The van der Waals surface area contributed by atoms with Crippen LogP contribution in [0.25, 0.3) is 0 Å². The SMILES string of the molecule is CC1CC2OC3=C(C(=O)C2CC1Cl)C(c1ccc(Br)cc1)N(Cc1cccnc1)C3=O. The number of hydrogen-bond donors (Lipinski definition) is 0. The molecule has 0 radical (unpaired) electrons. The Kier molecular flexibility index (Phi) is 5.39. The molecular formula is C24H22BrClN2O3. The lowest BCUT2D eigenvalue weighted by Gasteiger charge is -2.40. The molecule has 5 nitrogen and oxygen atoms in total. The van der Waals surface area contributed by atoms with Crippen LogP contribution >= 0.6 is 27.5 Å². The van der Waals surface area contributed by atoms with E-state index in [1.54, 1.807) is 17.3 Å². The number of carbonyl (C=O) groups is 2. The van der Waals surface area contributed by atoms with Crippen LogP contribution in [-0.2, 0) is 20.9 Å². The fourth-order valence-corrected chi connectivity index (χ4v) is 5.47. The zero-order valence-corrected chi connectivity index (χ0v) is 19.3. The Bertz CT molecular complexity index is 1060. The van der Waals surface area contributed by atoms with Gasteiger partial charge >= 0.3 is 0 Å². The molecule has 1 saturated carbocycles. The van der Waals surface area contributed by atoms with E-state index in [2.05, 4.69) is 27.8 Å². The van der Waals surface area contributed by atoms with E-state index in [1.165, 1.54) is 0 Å². The number of pyridine rings is 1. The molecule has 5 unspecified atom stereocenters. The van der Waals surface area contributed by atoms with Crippen LogP contribution in [-0.4, -0.2) is 33.1 Å². The van der Waals surface area contributed by atoms with Gasteiger partial charge in [-0.05, 0) is 48.1 Å². The second-order valence-corrected chi connectivity index (χ2v) is 10.1. The van der Waals surface area contributed by atoms with Crippen molar-refractivity contribution in [2.45, 2.75) is 43.8 Å². The zero-order chi connectivity index (χ0) is 21.7. The van der Waals surface area contributed by atoms with E-state index in [9.17, 15) is 9.59 Å². The van der Waals surface area contributed by atoms with Crippen LogP contribution in [0.2, 0.25) is 0 Å². The van der Waals surface area contributed by atoms with Crippen molar-refractivity contribution in [1.29, 1.82) is 0 Å². The number of fused-ring (bicyclic) bond motifs is 1. The normalized spacial score (nSPS) is 30.2. The van der Waals surface area contributed by atoms with Gasteiger partial charge in [0.15, 0.2) is 11.5 Å². The van der Waals surface area contributed by atoms with Crippen LogP contribution in [0.4, 0.5) is 0 Å². The number of benzene rings is 1. The first-order valence-corrected chi connectivity index (χ1v) is 11.7. The molecule has 3 aliphatic rings. The van der Waals surface area contributed by atoms with E-state index >= 15 is 0 Å². The van der Waals surface area contributed by atoms with Gasteiger partial charge in [-0.3, -0.25) is 14.6 Å². The van der Waals surface area contributed by atoms with Gasteiger partial charge in [0, 0.05) is 28.8 Å². The van der Waals surface area contributed by atoms with Crippen LogP contribution in [0, 0.1) is 11.8 Å². The Morgan fingerprint density at radius 3 is 2.68 bits per heavy atom. The minimum atomic E-state index is -0.489. The lowest BCUT2D eigenvalue weighted by atomic mass is 9.74. The summed E-state index contributed by atoms with van der Waals surface area (Å²) in [5.41, 5.74) is 2.25. The second kappa shape index (κ2) is 8.06. The van der Waals surface area contributed by atoms with E-state index in [0.29, 0.717) is 25.0 Å². The number of alkyl halides is 1. The molecule has 3 heterocycles. The fraction of sp³-hybridized carbons (Fsp3) is 0.375. The van der Waals surface area contributed by atoms with Gasteiger partial charge < -0.3 is 9.64 Å². The molecule has 0 bridgehead atoms. The molecule has 2 aliphatic heterocycles. The number of halogens is 2. The molecule has 1 aliphatic carbocycles. The number of aromatic nitrogens is 1. The summed E-state index contributed by atoms with van der Waals surface area (Å²) in [5, 5.41) is -0.0642. The molecule has 7 heteroatoms. The van der Waals surface area contributed by atoms with Crippen LogP contribution in [0.15, 0.2) is 64.6 Å². The van der Waals surface area contributed by atoms with Crippen molar-refractivity contribution in [3.8, 4) is 0 Å². The number of Topliss-reactive ketones (excluding diaryl/α,β-unsaturated/α-hetero) is 1. The number of nitrogens with zero attached hydrogens (tertiary/aromatic N) is 2. The van der Waals surface area contributed by atoms with Gasteiger partial charge in [0.25, 0.3) is 5.91 Å². The highest BCUT2D eigenvalue weighted by Gasteiger charge is 2.53. The van der Waals surface area contributed by atoms with E-state index in [4.69, 9.17) is 16.3 Å². The Hall–Kier alpha value is -2.18. The maximum absolute atomic E-state index is 13.7. The molecule has 1 fully saturated rings. The van der Waals surface area contributed by atoms with Crippen LogP contribution in [0.5, 0.6) is 0 Å². The predicted octanol–water partition coefficient (Wildman–Crippen LogP) is 4.80. The number of ether oxygens (including phenoxy) is 1. The fourth-order valence-electron chi connectivity index (χ4n) is 4.91. The van der Waals surface area contributed by atoms with Crippen molar-refractivity contribution >= 4 is 39.2 Å². The monoisotopic (exact) mass is 500 g/mol. The third-order valence-corrected chi connectivity index (χ3v) is 7.70. The van der Waals surface area contributed by atoms with Crippen molar-refractivity contribution in [3.63, 3.8) is 0 Å². The van der Waals surface area contributed by atoms with Crippen LogP contribution in [0.1, 0.15) is 36.9 Å². The van der Waals surface area contributed by atoms with Crippen molar-refractivity contribution in [2.75, 3.05) is 0 Å². The lowest BCUT2D eigenvalue weighted by molar-refractivity contribution is -0.136. The highest BCUT2D eigenvalue weighted by atomic mass is 79.9. The van der Waals surface area contributed by atoms with Crippen LogP contribution in [0.3, 0.4) is 0 Å². The topological polar surface area (TPSA) is 59.5 Å². The first-order chi connectivity index (χ1) is 14.9. The number of rotatable bonds is 3. The zero-order valence-electron chi connectivity index (χ0n) is 17.0. The Balaban J connectivity index is 1.57. The molecule has 0 spiro atoms. The third-order valence-electron chi connectivity index (χ3n) is 6.57. The first kappa shape index (κ1) is 20.7. The second-order valence-electron chi connectivity index (χ2n) is 8.58. The molecule has 1 amide bonds. The maximum atomic E-state index is 13.7. The summed E-state index contributed by atoms with van der Waals surface area (Å²) in [6.45, 7) is 2.42. The van der Waals surface area contributed by atoms with Gasteiger partial charge in [0.1, 0.15) is 6.10 Å². The Morgan fingerprint density at radius 2 is 1.97 bits per heavy atom. The van der Waals surface area contributed by atoms with Gasteiger partial charge in [-0.25, -0.2) is 0 Å². The van der Waals surface area contributed by atoms with Crippen LogP contribution < -0.4 is 0 Å². The summed E-state index contributed by atoms with van der Waals surface area (Å²) in [7, 11) is 0. The highest BCUT2D eigenvalue weighted by molar-refractivity contribution is 9.10. The average molecular weight is 502 g/mol. The lowest BCUT2D eigenvalue weighted by Crippen LogP contribution is -2.44.